The number of aliphatic hydroxyl groups excluding tert-OH is 1. The number of nitrogens with one attached hydrogen (secondary N) is 5. The quantitative estimate of drug-likeness (QED) is 0.124. The fraction of sp³-hybridized carbons (Fsp3) is 0.286. The molecule has 0 radical (unpaired) electrons. The predicted molar refractivity (Wildman–Crippen MR) is 148 cm³/mol. The first-order valence-electron chi connectivity index (χ1n) is 12.8. The molecule has 0 saturated carbocycles. The Morgan fingerprint density at radius 1 is 0.850 bits per heavy atom. The third-order valence-electron chi connectivity index (χ3n) is 6.67. The summed E-state index contributed by atoms with van der Waals surface area (Å²) in [7, 11) is 0. The highest BCUT2D eigenvalue weighted by molar-refractivity contribution is 5.94. The number of aliphatic hydroxyl groups is 1. The standard InChI is InChI=1S/C28H32N6O6/c1-15(35)25(28(39)40)34-27(38)23(11-17-13-31-22-9-5-3-7-19(17)22)33-24(36)14-32-26(37)20(29)10-16-12-30-21-8-4-2-6-18(16)21/h2-9,12-13,15,20,23,25,30-31,35H,10-11,14,29H2,1H3,(H,32,37)(H,33,36)(H,34,38)(H,39,40). The number of H-pyrrole nitrogens is 2. The average molecular weight is 549 g/mol. The number of aliphatic carboxylic acids is 1. The normalized spacial score (nSPS) is 14.3. The van der Waals surface area contributed by atoms with Crippen molar-refractivity contribution in [3.8, 4) is 0 Å². The largest absolute Gasteiger partial charge is 0.480 e. The first kappa shape index (κ1) is 28.3. The van der Waals surface area contributed by atoms with Gasteiger partial charge in [-0.15, -0.1) is 0 Å². The first-order chi connectivity index (χ1) is 19.1. The van der Waals surface area contributed by atoms with Crippen LogP contribution >= 0.6 is 0 Å². The molecule has 4 atom stereocenters. The molecule has 3 amide bonds. The lowest BCUT2D eigenvalue weighted by Gasteiger charge is -2.23. The van der Waals surface area contributed by atoms with Gasteiger partial charge in [-0.25, -0.2) is 4.79 Å². The van der Waals surface area contributed by atoms with Crippen molar-refractivity contribution >= 4 is 45.5 Å². The number of benzene rings is 2. The molecule has 12 nitrogen and oxygen atoms in total. The molecular formula is C28H32N6O6. The predicted octanol–water partition coefficient (Wildman–Crippen LogP) is 0.313. The van der Waals surface area contributed by atoms with Crippen LogP contribution in [-0.2, 0) is 32.0 Å². The number of hydrogen-bond acceptors (Lipinski definition) is 6. The molecule has 2 aromatic heterocycles. The van der Waals surface area contributed by atoms with E-state index in [9.17, 15) is 29.4 Å². The van der Waals surface area contributed by atoms with Crippen molar-refractivity contribution in [1.29, 1.82) is 0 Å². The van der Waals surface area contributed by atoms with E-state index in [4.69, 9.17) is 5.73 Å². The summed E-state index contributed by atoms with van der Waals surface area (Å²) in [6, 6.07) is 11.3. The van der Waals surface area contributed by atoms with E-state index in [1.54, 1.807) is 12.4 Å². The number of carbonyl (C=O) groups is 4. The summed E-state index contributed by atoms with van der Waals surface area (Å²) in [5.74, 6) is -3.43. The molecule has 40 heavy (non-hydrogen) atoms. The minimum Gasteiger partial charge on any atom is -0.480 e. The van der Waals surface area contributed by atoms with Crippen LogP contribution in [0.1, 0.15) is 18.1 Å². The van der Waals surface area contributed by atoms with Crippen LogP contribution < -0.4 is 21.7 Å². The molecule has 2 heterocycles. The molecule has 4 unspecified atom stereocenters. The minimum atomic E-state index is -1.57. The SMILES string of the molecule is CC(O)C(NC(=O)C(Cc1c[nH]c2ccccc12)NC(=O)CNC(=O)C(N)Cc1c[nH]c2ccccc12)C(=O)O. The number of para-hydroxylation sites is 2. The number of amides is 3. The summed E-state index contributed by atoms with van der Waals surface area (Å²) in [5.41, 5.74) is 9.41. The van der Waals surface area contributed by atoms with Crippen LogP contribution in [0, 0.1) is 0 Å². The van der Waals surface area contributed by atoms with E-state index in [1.165, 1.54) is 6.92 Å². The summed E-state index contributed by atoms with van der Waals surface area (Å²) >= 11 is 0. The molecule has 210 valence electrons. The minimum absolute atomic E-state index is 0.0295. The molecule has 4 aromatic rings. The highest BCUT2D eigenvalue weighted by Gasteiger charge is 2.30. The highest BCUT2D eigenvalue weighted by atomic mass is 16.4. The lowest BCUT2D eigenvalue weighted by atomic mass is 10.0. The summed E-state index contributed by atoms with van der Waals surface area (Å²) in [5, 5.41) is 28.3. The molecule has 0 aliphatic carbocycles. The number of nitrogens with two attached hydrogens (primary N) is 1. The van der Waals surface area contributed by atoms with Crippen LogP contribution in [0.15, 0.2) is 60.9 Å². The maximum atomic E-state index is 13.1. The number of aromatic amines is 2. The van der Waals surface area contributed by atoms with Gasteiger partial charge in [0.15, 0.2) is 6.04 Å². The van der Waals surface area contributed by atoms with E-state index in [-0.39, 0.29) is 12.8 Å². The molecule has 2 aromatic carbocycles. The maximum absolute atomic E-state index is 13.1. The Morgan fingerprint density at radius 2 is 1.40 bits per heavy atom. The van der Waals surface area contributed by atoms with E-state index < -0.39 is 54.5 Å². The number of aromatic nitrogens is 2. The van der Waals surface area contributed by atoms with Crippen LogP contribution in [0.4, 0.5) is 0 Å². The lowest BCUT2D eigenvalue weighted by Crippen LogP contribution is -2.56. The van der Waals surface area contributed by atoms with Gasteiger partial charge in [-0.05, 0) is 36.6 Å². The number of hydrogen-bond donors (Lipinski definition) is 8. The van der Waals surface area contributed by atoms with Gasteiger partial charge in [0.2, 0.25) is 17.7 Å². The molecule has 0 aliphatic heterocycles. The van der Waals surface area contributed by atoms with Gasteiger partial charge in [-0.3, -0.25) is 14.4 Å². The van der Waals surface area contributed by atoms with E-state index in [1.807, 2.05) is 48.5 Å². The second-order valence-corrected chi connectivity index (χ2v) is 9.64. The zero-order valence-electron chi connectivity index (χ0n) is 21.8. The van der Waals surface area contributed by atoms with E-state index in [0.717, 1.165) is 27.4 Å². The number of carboxylic acid groups (broad SMARTS) is 1. The molecule has 12 heteroatoms. The number of carbonyl (C=O) groups excluding carboxylic acids is 3. The van der Waals surface area contributed by atoms with Crippen LogP contribution in [0.3, 0.4) is 0 Å². The van der Waals surface area contributed by atoms with Gasteiger partial charge in [0.25, 0.3) is 0 Å². The fourth-order valence-corrected chi connectivity index (χ4v) is 4.55. The van der Waals surface area contributed by atoms with Gasteiger partial charge in [0, 0.05) is 40.6 Å². The number of rotatable bonds is 12. The van der Waals surface area contributed by atoms with Crippen molar-refractivity contribution in [2.24, 2.45) is 5.73 Å². The second kappa shape index (κ2) is 12.5. The molecular weight excluding hydrogens is 516 g/mol. The van der Waals surface area contributed by atoms with E-state index >= 15 is 0 Å². The molecule has 0 aliphatic rings. The Bertz CT molecular complexity index is 1530. The van der Waals surface area contributed by atoms with Gasteiger partial charge in [0.05, 0.1) is 18.7 Å². The van der Waals surface area contributed by atoms with Crippen LogP contribution in [0.25, 0.3) is 21.8 Å². The Balaban J connectivity index is 1.41. The molecule has 0 bridgehead atoms. The highest BCUT2D eigenvalue weighted by Crippen LogP contribution is 2.20. The zero-order valence-corrected chi connectivity index (χ0v) is 21.8. The molecule has 9 N–H and O–H groups in total. The summed E-state index contributed by atoms with van der Waals surface area (Å²) in [4.78, 5) is 56.2. The van der Waals surface area contributed by atoms with Gasteiger partial charge in [0.1, 0.15) is 6.04 Å². The summed E-state index contributed by atoms with van der Waals surface area (Å²) < 4.78 is 0. The Hall–Kier alpha value is -4.68. The molecule has 4 rings (SSSR count). The fourth-order valence-electron chi connectivity index (χ4n) is 4.55. The molecule has 0 fully saturated rings. The van der Waals surface area contributed by atoms with Crippen molar-refractivity contribution in [2.45, 2.75) is 44.0 Å². The Kier molecular flexibility index (Phi) is 8.82. The van der Waals surface area contributed by atoms with E-state index in [2.05, 4.69) is 25.9 Å². The number of fused-ring (bicyclic) bond motifs is 2. The van der Waals surface area contributed by atoms with E-state index in [0.29, 0.717) is 5.56 Å². The van der Waals surface area contributed by atoms with Crippen molar-refractivity contribution in [3.63, 3.8) is 0 Å². The van der Waals surface area contributed by atoms with Gasteiger partial charge in [-0.1, -0.05) is 36.4 Å². The van der Waals surface area contributed by atoms with Gasteiger partial charge in [-0.2, -0.15) is 0 Å². The van der Waals surface area contributed by atoms with Crippen LogP contribution in [-0.4, -0.2) is 74.6 Å². The summed E-state index contributed by atoms with van der Waals surface area (Å²) in [6.45, 7) is 0.790. The van der Waals surface area contributed by atoms with Crippen molar-refractivity contribution < 1.29 is 29.4 Å². The first-order valence-corrected chi connectivity index (χ1v) is 12.8. The monoisotopic (exact) mass is 548 g/mol. The van der Waals surface area contributed by atoms with Crippen molar-refractivity contribution in [1.82, 2.24) is 25.9 Å². The lowest BCUT2D eigenvalue weighted by molar-refractivity contribution is -0.145. The second-order valence-electron chi connectivity index (χ2n) is 9.64. The number of carboxylic acids is 1. The Labute approximate surface area is 229 Å². The third-order valence-corrected chi connectivity index (χ3v) is 6.67. The molecule has 0 saturated heterocycles. The van der Waals surface area contributed by atoms with Crippen LogP contribution in [0.2, 0.25) is 0 Å². The van der Waals surface area contributed by atoms with Crippen LogP contribution in [0.5, 0.6) is 0 Å². The average Bonchev–Trinajstić information content (AvgIpc) is 3.53. The van der Waals surface area contributed by atoms with Gasteiger partial charge >= 0.3 is 5.97 Å². The Morgan fingerprint density at radius 3 is 1.95 bits per heavy atom. The summed E-state index contributed by atoms with van der Waals surface area (Å²) in [6.07, 6.45) is 2.40. The van der Waals surface area contributed by atoms with Gasteiger partial charge < -0.3 is 41.9 Å². The smallest absolute Gasteiger partial charge is 0.328 e. The zero-order chi connectivity index (χ0) is 28.8. The van der Waals surface area contributed by atoms with Crippen molar-refractivity contribution in [3.05, 3.63) is 72.1 Å². The topological polar surface area (TPSA) is 202 Å². The third kappa shape index (κ3) is 6.65. The van der Waals surface area contributed by atoms with Crippen molar-refractivity contribution in [2.75, 3.05) is 6.54 Å². The maximum Gasteiger partial charge on any atom is 0.328 e. The molecule has 0 spiro atoms.